The Hall–Kier alpha value is -1.55. The van der Waals surface area contributed by atoms with Crippen LogP contribution < -0.4 is 0 Å². The van der Waals surface area contributed by atoms with Crippen molar-refractivity contribution in [2.45, 2.75) is 19.3 Å². The number of halogens is 2. The number of thiophene rings is 1. The lowest BCUT2D eigenvalue weighted by atomic mass is 10.0. The molecule has 0 N–H and O–H groups in total. The lowest BCUT2D eigenvalue weighted by molar-refractivity contribution is 0.0976. The summed E-state index contributed by atoms with van der Waals surface area (Å²) < 4.78 is 26.3. The molecule has 0 atom stereocenters. The molecule has 0 saturated carbocycles. The highest BCUT2D eigenvalue weighted by molar-refractivity contribution is 7.09. The summed E-state index contributed by atoms with van der Waals surface area (Å²) in [6, 6.07) is 6.91. The van der Waals surface area contributed by atoms with Crippen molar-refractivity contribution in [2.24, 2.45) is 0 Å². The molecule has 0 unspecified atom stereocenters. The summed E-state index contributed by atoms with van der Waals surface area (Å²) in [6.07, 6.45) is 1.67. The Balaban J connectivity index is 1.93. The number of rotatable bonds is 5. The van der Waals surface area contributed by atoms with E-state index in [-0.39, 0.29) is 17.8 Å². The quantitative estimate of drug-likeness (QED) is 0.740. The van der Waals surface area contributed by atoms with Crippen molar-refractivity contribution in [3.63, 3.8) is 0 Å². The molecule has 1 aromatic heterocycles. The normalized spacial score (nSPS) is 10.6. The number of benzene rings is 1. The molecular weight excluding hydrogens is 254 g/mol. The van der Waals surface area contributed by atoms with E-state index in [1.165, 1.54) is 4.88 Å². The summed E-state index contributed by atoms with van der Waals surface area (Å²) in [7, 11) is 0. The molecule has 0 aliphatic heterocycles. The van der Waals surface area contributed by atoms with Gasteiger partial charge in [0.15, 0.2) is 5.78 Å². The second-order valence-corrected chi connectivity index (χ2v) is 5.01. The van der Waals surface area contributed by atoms with Gasteiger partial charge < -0.3 is 0 Å². The molecule has 1 heterocycles. The van der Waals surface area contributed by atoms with Gasteiger partial charge in [-0.2, -0.15) is 0 Å². The zero-order valence-corrected chi connectivity index (χ0v) is 10.5. The lowest BCUT2D eigenvalue weighted by Gasteiger charge is -2.02. The molecule has 0 aliphatic carbocycles. The van der Waals surface area contributed by atoms with Gasteiger partial charge in [-0.05, 0) is 42.5 Å². The van der Waals surface area contributed by atoms with E-state index in [1.54, 1.807) is 11.3 Å². The first-order chi connectivity index (χ1) is 8.66. The smallest absolute Gasteiger partial charge is 0.165 e. The van der Waals surface area contributed by atoms with Crippen molar-refractivity contribution in [1.82, 2.24) is 0 Å². The first-order valence-corrected chi connectivity index (χ1v) is 6.55. The van der Waals surface area contributed by atoms with Crippen molar-refractivity contribution < 1.29 is 13.6 Å². The molecule has 0 spiro atoms. The third-order valence-electron chi connectivity index (χ3n) is 2.64. The van der Waals surface area contributed by atoms with E-state index in [1.807, 2.05) is 17.5 Å². The van der Waals surface area contributed by atoms with Crippen molar-refractivity contribution in [1.29, 1.82) is 0 Å². The molecule has 2 rings (SSSR count). The molecule has 4 heteroatoms. The molecule has 1 aromatic carbocycles. The molecule has 0 amide bonds. The van der Waals surface area contributed by atoms with Gasteiger partial charge in [0.2, 0.25) is 0 Å². The van der Waals surface area contributed by atoms with Gasteiger partial charge in [0.25, 0.3) is 0 Å². The largest absolute Gasteiger partial charge is 0.294 e. The highest BCUT2D eigenvalue weighted by Crippen LogP contribution is 2.16. The summed E-state index contributed by atoms with van der Waals surface area (Å²) in [5, 5.41) is 1.98. The van der Waals surface area contributed by atoms with Crippen LogP contribution in [0.2, 0.25) is 0 Å². The first kappa shape index (κ1) is 12.9. The highest BCUT2D eigenvalue weighted by Gasteiger charge is 2.12. The van der Waals surface area contributed by atoms with Gasteiger partial charge in [0, 0.05) is 11.3 Å². The van der Waals surface area contributed by atoms with Gasteiger partial charge in [-0.25, -0.2) is 8.78 Å². The standard InChI is InChI=1S/C14H12F2OS/c15-10-6-7-13(16)12(9-10)14(17)5-1-3-11-4-2-8-18-11/h2,4,6-9H,1,3,5H2. The van der Waals surface area contributed by atoms with Crippen molar-refractivity contribution in [3.8, 4) is 0 Å². The van der Waals surface area contributed by atoms with E-state index in [2.05, 4.69) is 0 Å². The van der Waals surface area contributed by atoms with Crippen LogP contribution in [0.4, 0.5) is 8.78 Å². The molecule has 94 valence electrons. The van der Waals surface area contributed by atoms with E-state index >= 15 is 0 Å². The zero-order valence-electron chi connectivity index (χ0n) is 9.66. The van der Waals surface area contributed by atoms with Crippen LogP contribution in [0.3, 0.4) is 0 Å². The Bertz CT molecular complexity index is 535. The van der Waals surface area contributed by atoms with Crippen LogP contribution >= 0.6 is 11.3 Å². The summed E-state index contributed by atoms with van der Waals surface area (Å²) in [6.45, 7) is 0. The maximum absolute atomic E-state index is 13.3. The summed E-state index contributed by atoms with van der Waals surface area (Å²) in [5.41, 5.74) is -0.152. The Morgan fingerprint density at radius 2 is 2.06 bits per heavy atom. The molecule has 0 fully saturated rings. The van der Waals surface area contributed by atoms with Gasteiger partial charge in [0.05, 0.1) is 5.56 Å². The third-order valence-corrected chi connectivity index (χ3v) is 3.57. The molecule has 1 nitrogen and oxygen atoms in total. The number of carbonyl (C=O) groups is 1. The van der Waals surface area contributed by atoms with Crippen molar-refractivity contribution in [2.75, 3.05) is 0 Å². The Labute approximate surface area is 108 Å². The third kappa shape index (κ3) is 3.23. The Morgan fingerprint density at radius 1 is 1.22 bits per heavy atom. The second-order valence-electron chi connectivity index (χ2n) is 3.98. The van der Waals surface area contributed by atoms with Gasteiger partial charge in [-0.3, -0.25) is 4.79 Å². The molecular formula is C14H12F2OS. The monoisotopic (exact) mass is 266 g/mol. The minimum atomic E-state index is -0.655. The van der Waals surface area contributed by atoms with Crippen LogP contribution in [0, 0.1) is 11.6 Å². The topological polar surface area (TPSA) is 17.1 Å². The van der Waals surface area contributed by atoms with E-state index < -0.39 is 11.6 Å². The second kappa shape index (κ2) is 5.87. The molecule has 0 saturated heterocycles. The number of ketones is 1. The predicted octanol–water partition coefficient (Wildman–Crippen LogP) is 4.23. The predicted molar refractivity (Wildman–Crippen MR) is 67.9 cm³/mol. The van der Waals surface area contributed by atoms with Crippen molar-refractivity contribution in [3.05, 3.63) is 57.8 Å². The van der Waals surface area contributed by atoms with Crippen LogP contribution in [0.1, 0.15) is 28.1 Å². The van der Waals surface area contributed by atoms with Crippen LogP contribution in [0.5, 0.6) is 0 Å². The maximum Gasteiger partial charge on any atom is 0.165 e. The number of aryl methyl sites for hydroxylation is 1. The van der Waals surface area contributed by atoms with E-state index in [9.17, 15) is 13.6 Å². The summed E-state index contributed by atoms with van der Waals surface area (Å²) in [5.74, 6) is -1.58. The lowest BCUT2D eigenvalue weighted by Crippen LogP contribution is -2.03. The average molecular weight is 266 g/mol. The van der Waals surface area contributed by atoms with Gasteiger partial charge >= 0.3 is 0 Å². The van der Waals surface area contributed by atoms with E-state index in [0.29, 0.717) is 6.42 Å². The van der Waals surface area contributed by atoms with Gasteiger partial charge in [-0.1, -0.05) is 6.07 Å². The van der Waals surface area contributed by atoms with Gasteiger partial charge in [-0.15, -0.1) is 11.3 Å². The number of hydrogen-bond donors (Lipinski definition) is 0. The average Bonchev–Trinajstić information content (AvgIpc) is 2.85. The minimum Gasteiger partial charge on any atom is -0.294 e. The van der Waals surface area contributed by atoms with Crippen molar-refractivity contribution >= 4 is 17.1 Å². The van der Waals surface area contributed by atoms with Crippen LogP contribution in [-0.4, -0.2) is 5.78 Å². The van der Waals surface area contributed by atoms with Crippen LogP contribution in [0.25, 0.3) is 0 Å². The molecule has 2 aromatic rings. The molecule has 0 aliphatic rings. The van der Waals surface area contributed by atoms with E-state index in [4.69, 9.17) is 0 Å². The number of Topliss-reactive ketones (excluding diaryl/α,β-unsaturated/α-hetero) is 1. The van der Waals surface area contributed by atoms with Gasteiger partial charge in [0.1, 0.15) is 11.6 Å². The fourth-order valence-electron chi connectivity index (χ4n) is 1.72. The first-order valence-electron chi connectivity index (χ1n) is 5.67. The zero-order chi connectivity index (χ0) is 13.0. The molecule has 0 bridgehead atoms. The Kier molecular flexibility index (Phi) is 4.20. The number of hydrogen-bond acceptors (Lipinski definition) is 2. The number of carbonyl (C=O) groups excluding carboxylic acids is 1. The maximum atomic E-state index is 13.3. The SMILES string of the molecule is O=C(CCCc1cccs1)c1cc(F)ccc1F. The fraction of sp³-hybridized carbons (Fsp3) is 0.214. The minimum absolute atomic E-state index is 0.152. The van der Waals surface area contributed by atoms with Crippen LogP contribution in [0.15, 0.2) is 35.7 Å². The Morgan fingerprint density at radius 3 is 2.78 bits per heavy atom. The highest BCUT2D eigenvalue weighted by atomic mass is 32.1. The van der Waals surface area contributed by atoms with Crippen LogP contribution in [-0.2, 0) is 6.42 Å². The fourth-order valence-corrected chi connectivity index (χ4v) is 2.48. The molecule has 0 radical (unpaired) electrons. The molecule has 18 heavy (non-hydrogen) atoms. The van der Waals surface area contributed by atoms with E-state index in [0.717, 1.165) is 24.6 Å². The summed E-state index contributed by atoms with van der Waals surface area (Å²) >= 11 is 1.63. The summed E-state index contributed by atoms with van der Waals surface area (Å²) in [4.78, 5) is 12.9.